The highest BCUT2D eigenvalue weighted by molar-refractivity contribution is 7.80. The summed E-state index contributed by atoms with van der Waals surface area (Å²) in [5, 5.41) is 4.23. The predicted octanol–water partition coefficient (Wildman–Crippen LogP) is 1.55. The molecule has 0 amide bonds. The SMILES string of the molecule is CC(=NNC(N)=S)c1ccccc1C. The van der Waals surface area contributed by atoms with Gasteiger partial charge in [-0.1, -0.05) is 24.3 Å². The van der Waals surface area contributed by atoms with E-state index >= 15 is 0 Å². The molecule has 1 rings (SSSR count). The monoisotopic (exact) mass is 207 g/mol. The van der Waals surface area contributed by atoms with E-state index < -0.39 is 0 Å². The Balaban J connectivity index is 2.89. The van der Waals surface area contributed by atoms with Crippen molar-refractivity contribution in [1.82, 2.24) is 5.43 Å². The average Bonchev–Trinajstić information content (AvgIpc) is 2.15. The fourth-order valence-corrected chi connectivity index (χ4v) is 1.22. The van der Waals surface area contributed by atoms with Crippen LogP contribution in [0.3, 0.4) is 0 Å². The van der Waals surface area contributed by atoms with E-state index in [1.165, 1.54) is 5.56 Å². The molecule has 0 heterocycles. The second-order valence-corrected chi connectivity index (χ2v) is 3.43. The highest BCUT2D eigenvalue weighted by atomic mass is 32.1. The van der Waals surface area contributed by atoms with Gasteiger partial charge in [0, 0.05) is 5.56 Å². The van der Waals surface area contributed by atoms with Crippen LogP contribution < -0.4 is 11.2 Å². The summed E-state index contributed by atoms with van der Waals surface area (Å²) in [5.41, 5.74) is 11.0. The Kier molecular flexibility index (Phi) is 3.59. The minimum Gasteiger partial charge on any atom is -0.375 e. The molecule has 0 spiro atoms. The minimum atomic E-state index is 0.179. The van der Waals surface area contributed by atoms with Crippen molar-refractivity contribution in [2.45, 2.75) is 13.8 Å². The van der Waals surface area contributed by atoms with E-state index in [-0.39, 0.29) is 5.11 Å². The number of rotatable bonds is 2. The number of benzene rings is 1. The first kappa shape index (κ1) is 10.7. The van der Waals surface area contributed by atoms with Crippen LogP contribution in [-0.2, 0) is 0 Å². The van der Waals surface area contributed by atoms with Gasteiger partial charge in [-0.2, -0.15) is 5.10 Å². The van der Waals surface area contributed by atoms with E-state index in [1.807, 2.05) is 38.1 Å². The number of nitrogens with one attached hydrogen (secondary N) is 1. The third-order valence-electron chi connectivity index (χ3n) is 1.87. The molecule has 0 bridgehead atoms. The number of nitrogens with two attached hydrogens (primary N) is 1. The maximum absolute atomic E-state index is 5.27. The molecule has 0 aliphatic rings. The zero-order chi connectivity index (χ0) is 10.6. The molecule has 0 saturated heterocycles. The number of aryl methyl sites for hydroxylation is 1. The average molecular weight is 207 g/mol. The van der Waals surface area contributed by atoms with Gasteiger partial charge in [0.2, 0.25) is 0 Å². The standard InChI is InChI=1S/C10H13N3S/c1-7-5-3-4-6-9(7)8(2)12-13-10(11)14/h3-6H,1-2H3,(H3,11,13,14). The molecular weight excluding hydrogens is 194 g/mol. The van der Waals surface area contributed by atoms with Crippen LogP contribution in [0.2, 0.25) is 0 Å². The number of thiocarbonyl (C=S) groups is 1. The molecule has 0 unspecified atom stereocenters. The van der Waals surface area contributed by atoms with Crippen LogP contribution in [0.15, 0.2) is 29.4 Å². The number of nitrogens with zero attached hydrogens (tertiary/aromatic N) is 1. The fraction of sp³-hybridized carbons (Fsp3) is 0.200. The fourth-order valence-electron chi connectivity index (χ4n) is 1.18. The van der Waals surface area contributed by atoms with Crippen LogP contribution in [0.25, 0.3) is 0 Å². The van der Waals surface area contributed by atoms with Crippen molar-refractivity contribution < 1.29 is 0 Å². The molecule has 14 heavy (non-hydrogen) atoms. The second kappa shape index (κ2) is 4.72. The summed E-state index contributed by atoms with van der Waals surface area (Å²) in [6.45, 7) is 3.95. The lowest BCUT2D eigenvalue weighted by Crippen LogP contribution is -2.25. The summed E-state index contributed by atoms with van der Waals surface area (Å²) < 4.78 is 0. The van der Waals surface area contributed by atoms with Gasteiger partial charge >= 0.3 is 0 Å². The molecule has 0 aliphatic heterocycles. The quantitative estimate of drug-likeness (QED) is 0.439. The smallest absolute Gasteiger partial charge is 0.184 e. The van der Waals surface area contributed by atoms with E-state index in [9.17, 15) is 0 Å². The second-order valence-electron chi connectivity index (χ2n) is 2.99. The number of hydrazone groups is 1. The molecule has 1 aromatic carbocycles. The topological polar surface area (TPSA) is 50.4 Å². The highest BCUT2D eigenvalue weighted by Crippen LogP contribution is 2.07. The van der Waals surface area contributed by atoms with Gasteiger partial charge in [0.25, 0.3) is 0 Å². The highest BCUT2D eigenvalue weighted by Gasteiger charge is 1.99. The van der Waals surface area contributed by atoms with Gasteiger partial charge in [-0.25, -0.2) is 0 Å². The molecule has 74 valence electrons. The van der Waals surface area contributed by atoms with Crippen molar-refractivity contribution in [2.75, 3.05) is 0 Å². The van der Waals surface area contributed by atoms with Crippen LogP contribution in [0.1, 0.15) is 18.1 Å². The molecule has 0 aromatic heterocycles. The Morgan fingerprint density at radius 3 is 2.64 bits per heavy atom. The largest absolute Gasteiger partial charge is 0.375 e. The summed E-state index contributed by atoms with van der Waals surface area (Å²) in [6.07, 6.45) is 0. The lowest BCUT2D eigenvalue weighted by atomic mass is 10.1. The van der Waals surface area contributed by atoms with Crippen LogP contribution >= 0.6 is 12.2 Å². The molecule has 3 N–H and O–H groups in total. The van der Waals surface area contributed by atoms with E-state index in [0.717, 1.165) is 11.3 Å². The van der Waals surface area contributed by atoms with Gasteiger partial charge in [0.1, 0.15) is 0 Å². The van der Waals surface area contributed by atoms with Crippen molar-refractivity contribution in [2.24, 2.45) is 10.8 Å². The van der Waals surface area contributed by atoms with Crippen molar-refractivity contribution in [3.63, 3.8) is 0 Å². The molecule has 3 nitrogen and oxygen atoms in total. The molecule has 1 aromatic rings. The van der Waals surface area contributed by atoms with Crippen LogP contribution in [0.5, 0.6) is 0 Å². The summed E-state index contributed by atoms with van der Waals surface area (Å²) in [6, 6.07) is 8.01. The lowest BCUT2D eigenvalue weighted by Gasteiger charge is -2.04. The summed E-state index contributed by atoms with van der Waals surface area (Å²) in [5.74, 6) is 0. The van der Waals surface area contributed by atoms with E-state index in [0.29, 0.717) is 0 Å². The Bertz CT molecular complexity index is 371. The first-order valence-corrected chi connectivity index (χ1v) is 4.68. The molecular formula is C10H13N3S. The van der Waals surface area contributed by atoms with Gasteiger partial charge in [0.05, 0.1) is 5.71 Å². The van der Waals surface area contributed by atoms with Crippen molar-refractivity contribution in [3.05, 3.63) is 35.4 Å². The summed E-state index contributed by atoms with van der Waals surface area (Å²) >= 11 is 4.66. The maximum Gasteiger partial charge on any atom is 0.184 e. The van der Waals surface area contributed by atoms with Gasteiger partial charge in [-0.15, -0.1) is 0 Å². The Labute approximate surface area is 89.0 Å². The normalized spacial score (nSPS) is 11.1. The van der Waals surface area contributed by atoms with Crippen molar-refractivity contribution in [1.29, 1.82) is 0 Å². The molecule has 0 aliphatic carbocycles. The molecule has 0 atom stereocenters. The molecule has 0 radical (unpaired) electrons. The summed E-state index contributed by atoms with van der Waals surface area (Å²) in [4.78, 5) is 0. The number of hydrogen-bond acceptors (Lipinski definition) is 2. The Morgan fingerprint density at radius 2 is 2.07 bits per heavy atom. The van der Waals surface area contributed by atoms with E-state index in [2.05, 4.69) is 22.7 Å². The van der Waals surface area contributed by atoms with Gasteiger partial charge in [-0.3, -0.25) is 5.43 Å². The zero-order valence-electron chi connectivity index (χ0n) is 8.24. The Morgan fingerprint density at radius 1 is 1.43 bits per heavy atom. The molecule has 0 saturated carbocycles. The van der Waals surface area contributed by atoms with Crippen LogP contribution in [0, 0.1) is 6.92 Å². The predicted molar refractivity (Wildman–Crippen MR) is 63.3 cm³/mol. The summed E-state index contributed by atoms with van der Waals surface area (Å²) in [7, 11) is 0. The van der Waals surface area contributed by atoms with Crippen LogP contribution in [0.4, 0.5) is 0 Å². The molecule has 4 heteroatoms. The van der Waals surface area contributed by atoms with Gasteiger partial charge in [0.15, 0.2) is 5.11 Å². The van der Waals surface area contributed by atoms with Crippen LogP contribution in [-0.4, -0.2) is 10.8 Å². The lowest BCUT2D eigenvalue weighted by molar-refractivity contribution is 1.03. The van der Waals surface area contributed by atoms with Crippen molar-refractivity contribution in [3.8, 4) is 0 Å². The first-order chi connectivity index (χ1) is 6.61. The van der Waals surface area contributed by atoms with E-state index in [1.54, 1.807) is 0 Å². The Hall–Kier alpha value is -1.42. The first-order valence-electron chi connectivity index (χ1n) is 4.27. The third kappa shape index (κ3) is 2.81. The van der Waals surface area contributed by atoms with E-state index in [4.69, 9.17) is 5.73 Å². The third-order valence-corrected chi connectivity index (χ3v) is 1.96. The zero-order valence-corrected chi connectivity index (χ0v) is 9.06. The minimum absolute atomic E-state index is 0.179. The molecule has 0 fully saturated rings. The van der Waals surface area contributed by atoms with Gasteiger partial charge < -0.3 is 5.73 Å². The van der Waals surface area contributed by atoms with Crippen molar-refractivity contribution >= 4 is 23.0 Å². The number of hydrogen-bond donors (Lipinski definition) is 2. The van der Waals surface area contributed by atoms with Gasteiger partial charge in [-0.05, 0) is 31.6 Å². The maximum atomic E-state index is 5.27.